The Labute approximate surface area is 155 Å². The highest BCUT2D eigenvalue weighted by Gasteiger charge is 2.34. The van der Waals surface area contributed by atoms with Crippen LogP contribution in [0.2, 0.25) is 0 Å². The third kappa shape index (κ3) is 11.9. The zero-order valence-electron chi connectivity index (χ0n) is 17.9. The molecule has 1 N–H and O–H groups in total. The summed E-state index contributed by atoms with van der Waals surface area (Å²) in [5, 5.41) is 9.97. The van der Waals surface area contributed by atoms with E-state index < -0.39 is 17.5 Å². The summed E-state index contributed by atoms with van der Waals surface area (Å²) in [7, 11) is 0. The summed E-state index contributed by atoms with van der Waals surface area (Å²) < 4.78 is 0. The van der Waals surface area contributed by atoms with Crippen LogP contribution >= 0.6 is 0 Å². The SMILES string of the molecule is CC(C)CCC(O)COOC(C)(CCC(C)C)OOC(C)(C)C(C)C. The molecule has 0 rings (SSSR count). The van der Waals surface area contributed by atoms with Crippen molar-refractivity contribution in [2.45, 2.75) is 105 Å². The zero-order chi connectivity index (χ0) is 19.7. The number of hydrogen-bond acceptors (Lipinski definition) is 5. The molecule has 0 bridgehead atoms. The Bertz CT molecular complexity index is 341. The Morgan fingerprint density at radius 1 is 0.760 bits per heavy atom. The van der Waals surface area contributed by atoms with Gasteiger partial charge in [-0.2, -0.15) is 9.78 Å². The number of hydrogen-bond donors (Lipinski definition) is 1. The number of aliphatic hydroxyl groups is 1. The molecule has 2 unspecified atom stereocenters. The molecule has 0 aromatic heterocycles. The average molecular weight is 363 g/mol. The van der Waals surface area contributed by atoms with Crippen molar-refractivity contribution in [2.75, 3.05) is 6.61 Å². The maximum Gasteiger partial charge on any atom is 0.231 e. The molecule has 0 saturated heterocycles. The first kappa shape index (κ1) is 24.8. The second-order valence-electron chi connectivity index (χ2n) is 8.98. The van der Waals surface area contributed by atoms with E-state index in [1.807, 2.05) is 20.8 Å². The van der Waals surface area contributed by atoms with Crippen molar-refractivity contribution in [3.8, 4) is 0 Å². The average Bonchev–Trinajstić information content (AvgIpc) is 2.49. The van der Waals surface area contributed by atoms with Crippen molar-refractivity contribution in [1.82, 2.24) is 0 Å². The first-order valence-electron chi connectivity index (χ1n) is 9.73. The molecule has 0 spiro atoms. The summed E-state index contributed by atoms with van der Waals surface area (Å²) in [4.78, 5) is 22.1. The lowest BCUT2D eigenvalue weighted by Crippen LogP contribution is -2.40. The van der Waals surface area contributed by atoms with Crippen LogP contribution in [0.3, 0.4) is 0 Å². The van der Waals surface area contributed by atoms with Gasteiger partial charge in [-0.3, -0.25) is 0 Å². The van der Waals surface area contributed by atoms with Crippen LogP contribution in [-0.4, -0.2) is 29.2 Å². The van der Waals surface area contributed by atoms with Gasteiger partial charge in [0.1, 0.15) is 12.2 Å². The summed E-state index contributed by atoms with van der Waals surface area (Å²) in [6.45, 7) is 18.6. The Balaban J connectivity index is 4.54. The normalized spacial score (nSPS) is 16.7. The first-order valence-corrected chi connectivity index (χ1v) is 9.73. The van der Waals surface area contributed by atoms with Crippen LogP contribution in [0.1, 0.15) is 88.0 Å². The molecule has 0 aromatic rings. The fraction of sp³-hybridized carbons (Fsp3) is 1.00. The van der Waals surface area contributed by atoms with Crippen molar-refractivity contribution in [3.63, 3.8) is 0 Å². The minimum Gasteiger partial charge on any atom is -0.391 e. The van der Waals surface area contributed by atoms with Gasteiger partial charge >= 0.3 is 0 Å². The monoisotopic (exact) mass is 362 g/mol. The predicted molar refractivity (Wildman–Crippen MR) is 101 cm³/mol. The van der Waals surface area contributed by atoms with E-state index in [-0.39, 0.29) is 6.61 Å². The van der Waals surface area contributed by atoms with Crippen LogP contribution in [-0.2, 0) is 19.6 Å². The van der Waals surface area contributed by atoms with E-state index >= 15 is 0 Å². The highest BCUT2D eigenvalue weighted by Crippen LogP contribution is 2.28. The van der Waals surface area contributed by atoms with Crippen LogP contribution < -0.4 is 0 Å². The smallest absolute Gasteiger partial charge is 0.231 e. The molecule has 0 amide bonds. The molecule has 0 saturated carbocycles. The summed E-state index contributed by atoms with van der Waals surface area (Å²) >= 11 is 0. The third-order valence-electron chi connectivity index (χ3n) is 4.57. The number of rotatable bonds is 14. The van der Waals surface area contributed by atoms with Crippen molar-refractivity contribution < 1.29 is 24.7 Å². The minimum atomic E-state index is -1.01. The fourth-order valence-electron chi connectivity index (χ4n) is 1.79. The molecule has 2 atom stereocenters. The largest absolute Gasteiger partial charge is 0.391 e. The summed E-state index contributed by atoms with van der Waals surface area (Å²) in [6.07, 6.45) is 2.67. The molecule has 0 fully saturated rings. The van der Waals surface area contributed by atoms with Gasteiger partial charge in [-0.05, 0) is 57.8 Å². The highest BCUT2D eigenvalue weighted by atomic mass is 17.3. The molecule has 25 heavy (non-hydrogen) atoms. The molecule has 0 aliphatic carbocycles. The predicted octanol–water partition coefficient (Wildman–Crippen LogP) is 5.27. The van der Waals surface area contributed by atoms with Gasteiger partial charge in [-0.25, -0.2) is 9.78 Å². The van der Waals surface area contributed by atoms with Crippen LogP contribution in [0, 0.1) is 17.8 Å². The molecule has 0 radical (unpaired) electrons. The van der Waals surface area contributed by atoms with Crippen molar-refractivity contribution in [2.24, 2.45) is 17.8 Å². The minimum absolute atomic E-state index is 0.126. The Kier molecular flexibility index (Phi) is 11.4. The van der Waals surface area contributed by atoms with E-state index in [1.165, 1.54) is 0 Å². The molecule has 5 heteroatoms. The van der Waals surface area contributed by atoms with Crippen LogP contribution in [0.15, 0.2) is 0 Å². The quantitative estimate of drug-likeness (QED) is 0.259. The molecule has 0 aliphatic heterocycles. The summed E-state index contributed by atoms with van der Waals surface area (Å²) in [5.41, 5.74) is -0.431. The second-order valence-corrected chi connectivity index (χ2v) is 8.98. The molecule has 0 aromatic carbocycles. The van der Waals surface area contributed by atoms with Crippen LogP contribution in [0.4, 0.5) is 0 Å². The number of aliphatic hydroxyl groups excluding tert-OH is 1. The van der Waals surface area contributed by atoms with Gasteiger partial charge in [0, 0.05) is 6.42 Å². The van der Waals surface area contributed by atoms with Crippen molar-refractivity contribution in [3.05, 3.63) is 0 Å². The van der Waals surface area contributed by atoms with Crippen LogP contribution in [0.5, 0.6) is 0 Å². The fourth-order valence-corrected chi connectivity index (χ4v) is 1.79. The molecular weight excluding hydrogens is 320 g/mol. The van der Waals surface area contributed by atoms with Gasteiger partial charge in [-0.1, -0.05) is 41.5 Å². The molecule has 0 aliphatic rings. The molecule has 0 heterocycles. The Morgan fingerprint density at radius 2 is 1.32 bits per heavy atom. The third-order valence-corrected chi connectivity index (χ3v) is 4.57. The summed E-state index contributed by atoms with van der Waals surface area (Å²) in [5.74, 6) is 0.359. The van der Waals surface area contributed by atoms with E-state index in [1.54, 1.807) is 0 Å². The molecular formula is C20H42O5. The zero-order valence-corrected chi connectivity index (χ0v) is 17.9. The Morgan fingerprint density at radius 3 is 1.80 bits per heavy atom. The maximum atomic E-state index is 9.97. The van der Waals surface area contributed by atoms with Gasteiger partial charge in [0.2, 0.25) is 5.79 Å². The first-order chi connectivity index (χ1) is 11.4. The second kappa shape index (κ2) is 11.5. The highest BCUT2D eigenvalue weighted by molar-refractivity contribution is 4.71. The molecule has 5 nitrogen and oxygen atoms in total. The van der Waals surface area contributed by atoms with Gasteiger partial charge in [0.15, 0.2) is 0 Å². The van der Waals surface area contributed by atoms with Crippen molar-refractivity contribution >= 4 is 0 Å². The van der Waals surface area contributed by atoms with Gasteiger partial charge in [-0.15, -0.1) is 0 Å². The van der Waals surface area contributed by atoms with Gasteiger partial charge < -0.3 is 5.11 Å². The van der Waals surface area contributed by atoms with Gasteiger partial charge in [0.05, 0.1) is 6.10 Å². The lowest BCUT2D eigenvalue weighted by Gasteiger charge is -2.34. The maximum absolute atomic E-state index is 9.97. The lowest BCUT2D eigenvalue weighted by molar-refractivity contribution is -0.529. The Hall–Kier alpha value is -0.200. The molecule has 152 valence electrons. The lowest BCUT2D eigenvalue weighted by atomic mass is 9.95. The van der Waals surface area contributed by atoms with Crippen molar-refractivity contribution in [1.29, 1.82) is 0 Å². The van der Waals surface area contributed by atoms with E-state index in [0.29, 0.717) is 30.6 Å². The van der Waals surface area contributed by atoms with E-state index in [4.69, 9.17) is 19.6 Å². The van der Waals surface area contributed by atoms with Gasteiger partial charge in [0.25, 0.3) is 0 Å². The van der Waals surface area contributed by atoms with E-state index in [2.05, 4.69) is 41.5 Å². The topological polar surface area (TPSA) is 57.2 Å². The summed E-state index contributed by atoms with van der Waals surface area (Å²) in [6, 6.07) is 0. The van der Waals surface area contributed by atoms with Crippen LogP contribution in [0.25, 0.3) is 0 Å². The standard InChI is InChI=1S/C20H42O5/c1-15(2)10-11-18(21)14-22-24-20(9,13-12-16(3)4)25-23-19(7,8)17(5)6/h15-18,21H,10-14H2,1-9H3. The van der Waals surface area contributed by atoms with E-state index in [9.17, 15) is 5.11 Å². The van der Waals surface area contributed by atoms with E-state index in [0.717, 1.165) is 12.8 Å².